The van der Waals surface area contributed by atoms with E-state index in [4.69, 9.17) is 10.1 Å². The van der Waals surface area contributed by atoms with Gasteiger partial charge >= 0.3 is 0 Å². The minimum atomic E-state index is -0.464. The number of nitriles is 1. The van der Waals surface area contributed by atoms with Crippen LogP contribution < -0.4 is 0 Å². The van der Waals surface area contributed by atoms with Gasteiger partial charge in [-0.25, -0.2) is 14.4 Å². The Bertz CT molecular complexity index is 972. The van der Waals surface area contributed by atoms with Crippen LogP contribution in [0.3, 0.4) is 0 Å². The maximum atomic E-state index is 13.9. The molecule has 1 amide bonds. The van der Waals surface area contributed by atoms with Crippen LogP contribution in [-0.4, -0.2) is 27.1 Å². The zero-order valence-corrected chi connectivity index (χ0v) is 17.5. The van der Waals surface area contributed by atoms with Gasteiger partial charge in [-0.15, -0.1) is 0 Å². The minimum Gasteiger partial charge on any atom is -0.334 e. The summed E-state index contributed by atoms with van der Waals surface area (Å²) in [6.45, 7) is 5.47. The predicted octanol–water partition coefficient (Wildman–Crippen LogP) is 4.22. The third-order valence-electron chi connectivity index (χ3n) is 6.55. The van der Waals surface area contributed by atoms with Crippen LogP contribution in [0.25, 0.3) is 0 Å². The van der Waals surface area contributed by atoms with Gasteiger partial charge in [-0.3, -0.25) is 9.63 Å². The summed E-state index contributed by atoms with van der Waals surface area (Å²) < 4.78 is 16.1. The van der Waals surface area contributed by atoms with Gasteiger partial charge in [0.05, 0.1) is 36.3 Å². The van der Waals surface area contributed by atoms with E-state index in [1.54, 1.807) is 6.07 Å². The SMILES string of the molecule is Cc1ncn(C[C@H]2CC[C@H](C(=O)N3OCC[C@H]3c3cc(F)cc(C#N)c3)CC2)c1C. The number of nitrogens with zero attached hydrogens (tertiary/aromatic N) is 4. The summed E-state index contributed by atoms with van der Waals surface area (Å²) in [7, 11) is 0. The van der Waals surface area contributed by atoms with Crippen LogP contribution in [0.15, 0.2) is 24.5 Å². The fourth-order valence-electron chi connectivity index (χ4n) is 4.64. The summed E-state index contributed by atoms with van der Waals surface area (Å²) in [5, 5.41) is 10.6. The molecule has 0 unspecified atom stereocenters. The van der Waals surface area contributed by atoms with Crippen LogP contribution in [0.1, 0.15) is 60.7 Å². The number of rotatable bonds is 4. The summed E-state index contributed by atoms with van der Waals surface area (Å²) in [4.78, 5) is 23.2. The van der Waals surface area contributed by atoms with Crippen molar-refractivity contribution in [3.8, 4) is 6.07 Å². The number of aromatic nitrogens is 2. The molecule has 2 fully saturated rings. The molecule has 6 nitrogen and oxygen atoms in total. The highest BCUT2D eigenvalue weighted by atomic mass is 19.1. The van der Waals surface area contributed by atoms with Gasteiger partial charge in [-0.1, -0.05) is 0 Å². The Balaban J connectivity index is 1.39. The highest BCUT2D eigenvalue weighted by Gasteiger charge is 2.37. The van der Waals surface area contributed by atoms with E-state index in [0.29, 0.717) is 24.5 Å². The Kier molecular flexibility index (Phi) is 5.87. The number of carbonyl (C=O) groups excluding carboxylic acids is 1. The van der Waals surface area contributed by atoms with Crippen molar-refractivity contribution in [3.05, 3.63) is 52.9 Å². The number of halogens is 1. The third kappa shape index (κ3) is 4.10. The molecule has 2 aliphatic rings. The zero-order chi connectivity index (χ0) is 21.3. The second-order valence-corrected chi connectivity index (χ2v) is 8.47. The lowest BCUT2D eigenvalue weighted by atomic mass is 9.81. The van der Waals surface area contributed by atoms with Gasteiger partial charge in [0.1, 0.15) is 5.82 Å². The quantitative estimate of drug-likeness (QED) is 0.757. The van der Waals surface area contributed by atoms with Gasteiger partial charge in [-0.05, 0) is 69.2 Å². The first kappa shape index (κ1) is 20.5. The molecule has 1 aromatic carbocycles. The molecule has 7 heteroatoms. The maximum Gasteiger partial charge on any atom is 0.249 e. The first-order chi connectivity index (χ1) is 14.5. The molecule has 158 valence electrons. The molecule has 1 atom stereocenters. The fraction of sp³-hybridized carbons (Fsp3) is 0.522. The molecule has 0 bridgehead atoms. The molecule has 4 rings (SSSR count). The standard InChI is InChI=1S/C23H27FN4O2/c1-15-16(2)27(14-26-15)13-17-3-5-19(6-4-17)23(29)28-22(7-8-30-28)20-9-18(12-25)10-21(24)11-20/h9-11,14,17,19,22H,3-8,13H2,1-2H3/t17-,19-,22-/m0/s1. The van der Waals surface area contributed by atoms with Gasteiger partial charge in [0.2, 0.25) is 5.91 Å². The third-order valence-corrected chi connectivity index (χ3v) is 6.55. The van der Waals surface area contributed by atoms with E-state index in [1.807, 2.05) is 19.3 Å². The van der Waals surface area contributed by atoms with E-state index >= 15 is 0 Å². The number of hydrogen-bond donors (Lipinski definition) is 0. The van der Waals surface area contributed by atoms with Crippen molar-refractivity contribution in [3.63, 3.8) is 0 Å². The first-order valence-electron chi connectivity index (χ1n) is 10.6. The summed E-state index contributed by atoms with van der Waals surface area (Å²) in [5.41, 5.74) is 3.15. The van der Waals surface area contributed by atoms with E-state index < -0.39 is 5.82 Å². The molecule has 0 spiro atoms. The van der Waals surface area contributed by atoms with Crippen molar-refractivity contribution in [1.82, 2.24) is 14.6 Å². The van der Waals surface area contributed by atoms with Crippen LogP contribution in [0, 0.1) is 42.8 Å². The number of imidazole rings is 1. The van der Waals surface area contributed by atoms with Gasteiger partial charge in [-0.2, -0.15) is 5.26 Å². The predicted molar refractivity (Wildman–Crippen MR) is 108 cm³/mol. The van der Waals surface area contributed by atoms with Crippen LogP contribution in [0.5, 0.6) is 0 Å². The summed E-state index contributed by atoms with van der Waals surface area (Å²) in [6, 6.07) is 5.89. The number of hydroxylamine groups is 2. The first-order valence-corrected chi connectivity index (χ1v) is 10.6. The number of carbonyl (C=O) groups is 1. The second-order valence-electron chi connectivity index (χ2n) is 8.47. The van der Waals surface area contributed by atoms with Crippen LogP contribution >= 0.6 is 0 Å². The Hall–Kier alpha value is -2.72. The normalized spacial score (nSPS) is 24.1. The molecule has 2 heterocycles. The Morgan fingerprint density at radius 2 is 2.00 bits per heavy atom. The Labute approximate surface area is 176 Å². The molecule has 0 radical (unpaired) electrons. The number of hydrogen-bond acceptors (Lipinski definition) is 4. The van der Waals surface area contributed by atoms with Crippen LogP contribution in [0.2, 0.25) is 0 Å². The molecule has 1 aliphatic carbocycles. The number of benzene rings is 1. The highest BCUT2D eigenvalue weighted by Crippen LogP contribution is 2.37. The van der Waals surface area contributed by atoms with Crippen molar-refractivity contribution < 1.29 is 14.0 Å². The second kappa shape index (κ2) is 8.57. The lowest BCUT2D eigenvalue weighted by Gasteiger charge is -2.32. The summed E-state index contributed by atoms with van der Waals surface area (Å²) in [5.74, 6) is -0.0169. The van der Waals surface area contributed by atoms with Crippen LogP contribution in [0.4, 0.5) is 4.39 Å². The number of aryl methyl sites for hydroxylation is 1. The largest absolute Gasteiger partial charge is 0.334 e. The average molecular weight is 410 g/mol. The van der Waals surface area contributed by atoms with Crippen molar-refractivity contribution in [2.75, 3.05) is 6.61 Å². The van der Waals surface area contributed by atoms with Crippen molar-refractivity contribution in [2.24, 2.45) is 11.8 Å². The molecular formula is C23H27FN4O2. The van der Waals surface area contributed by atoms with Crippen molar-refractivity contribution in [2.45, 2.75) is 58.5 Å². The van der Waals surface area contributed by atoms with Gasteiger partial charge in [0.15, 0.2) is 0 Å². The lowest BCUT2D eigenvalue weighted by molar-refractivity contribution is -0.183. The molecule has 30 heavy (non-hydrogen) atoms. The molecule has 1 saturated heterocycles. The average Bonchev–Trinajstić information content (AvgIpc) is 3.36. The number of amides is 1. The fourth-order valence-corrected chi connectivity index (χ4v) is 4.64. The van der Waals surface area contributed by atoms with Gasteiger partial charge in [0, 0.05) is 24.6 Å². The molecule has 2 aromatic rings. The zero-order valence-electron chi connectivity index (χ0n) is 17.5. The maximum absolute atomic E-state index is 13.9. The molecule has 0 N–H and O–H groups in total. The van der Waals surface area contributed by atoms with Crippen molar-refractivity contribution >= 4 is 5.91 Å². The van der Waals surface area contributed by atoms with E-state index in [9.17, 15) is 9.18 Å². The molecule has 1 aromatic heterocycles. The Morgan fingerprint density at radius 1 is 1.23 bits per heavy atom. The van der Waals surface area contributed by atoms with Gasteiger partial charge in [0.25, 0.3) is 0 Å². The molecular weight excluding hydrogens is 383 g/mol. The van der Waals surface area contributed by atoms with E-state index in [0.717, 1.165) is 37.9 Å². The van der Waals surface area contributed by atoms with Crippen LogP contribution in [-0.2, 0) is 16.2 Å². The monoisotopic (exact) mass is 410 g/mol. The molecule has 1 aliphatic heterocycles. The molecule has 1 saturated carbocycles. The van der Waals surface area contributed by atoms with Crippen molar-refractivity contribution in [1.29, 1.82) is 5.26 Å². The topological polar surface area (TPSA) is 71.2 Å². The smallest absolute Gasteiger partial charge is 0.249 e. The van der Waals surface area contributed by atoms with E-state index in [-0.39, 0.29) is 23.4 Å². The summed E-state index contributed by atoms with van der Waals surface area (Å²) in [6.07, 6.45) is 6.15. The lowest BCUT2D eigenvalue weighted by Crippen LogP contribution is -2.37. The minimum absolute atomic E-state index is 0.0200. The van der Waals surface area contributed by atoms with E-state index in [2.05, 4.69) is 16.5 Å². The van der Waals surface area contributed by atoms with E-state index in [1.165, 1.54) is 22.9 Å². The summed E-state index contributed by atoms with van der Waals surface area (Å²) >= 11 is 0. The highest BCUT2D eigenvalue weighted by molar-refractivity contribution is 5.78. The Morgan fingerprint density at radius 3 is 2.67 bits per heavy atom. The van der Waals surface area contributed by atoms with Gasteiger partial charge < -0.3 is 4.57 Å².